The van der Waals surface area contributed by atoms with Crippen LogP contribution in [0.4, 0.5) is 17.2 Å². The van der Waals surface area contributed by atoms with Crippen molar-refractivity contribution in [3.05, 3.63) is 92.6 Å². The number of benzene rings is 2. The number of pyridine rings is 1. The van der Waals surface area contributed by atoms with Crippen LogP contribution in [-0.4, -0.2) is 20.8 Å². The van der Waals surface area contributed by atoms with Crippen LogP contribution in [0.15, 0.2) is 65.9 Å². The van der Waals surface area contributed by atoms with E-state index in [2.05, 4.69) is 15.5 Å². The quantitative estimate of drug-likeness (QED) is 0.282. The molecule has 0 unspecified atom stereocenters. The average Bonchev–Trinajstić information content (AvgIpc) is 2.65. The molecular formula is C19H15ClN4O3. The van der Waals surface area contributed by atoms with Crippen molar-refractivity contribution in [2.24, 2.45) is 5.16 Å². The molecule has 0 aliphatic heterocycles. The number of halogens is 1. The highest BCUT2D eigenvalue weighted by atomic mass is 35.5. The maximum absolute atomic E-state index is 11.1. The second kappa shape index (κ2) is 7.84. The molecule has 7 nitrogen and oxygen atoms in total. The number of aromatic nitrogens is 1. The van der Waals surface area contributed by atoms with Crippen LogP contribution in [0, 0.1) is 17.0 Å². The van der Waals surface area contributed by atoms with Crippen molar-refractivity contribution in [3.8, 4) is 0 Å². The molecule has 2 N–H and O–H groups in total. The van der Waals surface area contributed by atoms with Crippen LogP contribution in [0.3, 0.4) is 0 Å². The molecule has 0 atom stereocenters. The molecule has 3 rings (SSSR count). The Morgan fingerprint density at radius 1 is 1.19 bits per heavy atom. The number of nitro groups is 1. The summed E-state index contributed by atoms with van der Waals surface area (Å²) >= 11 is 6.39. The van der Waals surface area contributed by atoms with Gasteiger partial charge in [0, 0.05) is 29.1 Å². The molecule has 0 aliphatic rings. The number of hydrogen-bond donors (Lipinski definition) is 2. The van der Waals surface area contributed by atoms with Crippen LogP contribution >= 0.6 is 11.6 Å². The number of nitrogens with one attached hydrogen (secondary N) is 1. The molecular weight excluding hydrogens is 368 g/mol. The predicted octanol–water partition coefficient (Wildman–Crippen LogP) is 4.92. The van der Waals surface area contributed by atoms with Gasteiger partial charge in [0.25, 0.3) is 0 Å². The monoisotopic (exact) mass is 382 g/mol. The number of oxime groups is 1. The summed E-state index contributed by atoms with van der Waals surface area (Å²) in [5.74, 6) is 0.112. The van der Waals surface area contributed by atoms with E-state index < -0.39 is 4.92 Å². The van der Waals surface area contributed by atoms with Gasteiger partial charge in [0.05, 0.1) is 9.95 Å². The normalized spacial score (nSPS) is 11.3. The summed E-state index contributed by atoms with van der Waals surface area (Å²) in [5.41, 5.74) is 2.95. The molecule has 0 spiro atoms. The van der Waals surface area contributed by atoms with Crippen LogP contribution in [0.25, 0.3) is 0 Å². The molecule has 0 radical (unpaired) electrons. The fourth-order valence-electron chi connectivity index (χ4n) is 2.65. The number of rotatable bonds is 5. The highest BCUT2D eigenvalue weighted by molar-refractivity contribution is 6.35. The van der Waals surface area contributed by atoms with E-state index in [0.29, 0.717) is 22.0 Å². The summed E-state index contributed by atoms with van der Waals surface area (Å²) in [7, 11) is 0. The van der Waals surface area contributed by atoms with Crippen LogP contribution < -0.4 is 5.32 Å². The Bertz CT molecular complexity index is 1040. The molecule has 0 amide bonds. The van der Waals surface area contributed by atoms with E-state index in [1.165, 1.54) is 18.3 Å². The fraction of sp³-hybridized carbons (Fsp3) is 0.0526. The highest BCUT2D eigenvalue weighted by Gasteiger charge is 2.17. The van der Waals surface area contributed by atoms with Crippen LogP contribution in [-0.2, 0) is 0 Å². The molecule has 0 bridgehead atoms. The van der Waals surface area contributed by atoms with Crippen molar-refractivity contribution in [2.75, 3.05) is 5.32 Å². The van der Waals surface area contributed by atoms with Gasteiger partial charge in [0.2, 0.25) is 5.82 Å². The van der Waals surface area contributed by atoms with Crippen molar-refractivity contribution < 1.29 is 10.1 Å². The summed E-state index contributed by atoms with van der Waals surface area (Å²) in [6.07, 6.45) is 1.46. The minimum Gasteiger partial charge on any atom is -0.410 e. The Morgan fingerprint density at radius 3 is 2.63 bits per heavy atom. The zero-order valence-electron chi connectivity index (χ0n) is 14.3. The van der Waals surface area contributed by atoms with Gasteiger partial charge in [0.15, 0.2) is 0 Å². The SMILES string of the molecule is Cc1ccccc1C(=NO)c1ccc(Nc2ncccc2[N+](=O)[O-])cc1Cl. The highest BCUT2D eigenvalue weighted by Crippen LogP contribution is 2.29. The molecule has 8 heteroatoms. The second-order valence-electron chi connectivity index (χ2n) is 5.71. The van der Waals surface area contributed by atoms with E-state index in [-0.39, 0.29) is 11.5 Å². The Labute approximate surface area is 160 Å². The van der Waals surface area contributed by atoms with Crippen molar-refractivity contribution in [3.63, 3.8) is 0 Å². The smallest absolute Gasteiger partial charge is 0.311 e. The van der Waals surface area contributed by atoms with Gasteiger partial charge < -0.3 is 10.5 Å². The summed E-state index contributed by atoms with van der Waals surface area (Å²) in [5, 5.41) is 27.2. The van der Waals surface area contributed by atoms with Gasteiger partial charge >= 0.3 is 5.69 Å². The first-order valence-corrected chi connectivity index (χ1v) is 8.33. The first-order valence-electron chi connectivity index (χ1n) is 7.95. The van der Waals surface area contributed by atoms with Crippen molar-refractivity contribution in [2.45, 2.75) is 6.92 Å². The molecule has 27 heavy (non-hydrogen) atoms. The predicted molar refractivity (Wildman–Crippen MR) is 104 cm³/mol. The molecule has 1 heterocycles. The number of nitrogens with zero attached hydrogens (tertiary/aromatic N) is 3. The van der Waals surface area contributed by atoms with E-state index in [4.69, 9.17) is 11.6 Å². The maximum Gasteiger partial charge on any atom is 0.311 e. The lowest BCUT2D eigenvalue weighted by atomic mass is 9.98. The second-order valence-corrected chi connectivity index (χ2v) is 6.12. The third kappa shape index (κ3) is 3.88. The summed E-state index contributed by atoms with van der Waals surface area (Å²) in [6.45, 7) is 1.91. The molecule has 1 aromatic heterocycles. The van der Waals surface area contributed by atoms with Gasteiger partial charge in [-0.15, -0.1) is 0 Å². The third-order valence-electron chi connectivity index (χ3n) is 3.97. The van der Waals surface area contributed by atoms with Gasteiger partial charge in [-0.3, -0.25) is 10.1 Å². The maximum atomic E-state index is 11.1. The van der Waals surface area contributed by atoms with Gasteiger partial charge in [-0.1, -0.05) is 41.0 Å². The Morgan fingerprint density at radius 2 is 1.96 bits per heavy atom. The summed E-state index contributed by atoms with van der Waals surface area (Å²) in [6, 6.07) is 15.3. The Hall–Kier alpha value is -3.45. The van der Waals surface area contributed by atoms with Gasteiger partial charge in [-0.25, -0.2) is 4.98 Å². The number of aryl methyl sites for hydroxylation is 1. The number of anilines is 2. The van der Waals surface area contributed by atoms with Crippen LogP contribution in [0.5, 0.6) is 0 Å². The van der Waals surface area contributed by atoms with Crippen LogP contribution in [0.1, 0.15) is 16.7 Å². The summed E-state index contributed by atoms with van der Waals surface area (Å²) in [4.78, 5) is 14.6. The van der Waals surface area contributed by atoms with E-state index in [1.54, 1.807) is 18.2 Å². The lowest BCUT2D eigenvalue weighted by molar-refractivity contribution is -0.384. The zero-order valence-corrected chi connectivity index (χ0v) is 15.0. The van der Waals surface area contributed by atoms with Crippen molar-refractivity contribution >= 4 is 34.5 Å². The molecule has 0 saturated carbocycles. The molecule has 0 fully saturated rings. The standard InChI is InChI=1S/C19H15ClN4O3/c1-12-5-2-3-6-14(12)18(23-25)15-9-8-13(11-16(15)20)22-19-17(24(26)27)7-4-10-21-19/h2-11,25H,1H3,(H,21,22). The van der Waals surface area contributed by atoms with E-state index >= 15 is 0 Å². The van der Waals surface area contributed by atoms with Crippen molar-refractivity contribution in [1.82, 2.24) is 4.98 Å². The van der Waals surface area contributed by atoms with E-state index in [9.17, 15) is 15.3 Å². The lowest BCUT2D eigenvalue weighted by Gasteiger charge is -2.12. The molecule has 136 valence electrons. The van der Waals surface area contributed by atoms with Crippen LogP contribution in [0.2, 0.25) is 5.02 Å². The first kappa shape index (κ1) is 18.3. The molecule has 0 saturated heterocycles. The lowest BCUT2D eigenvalue weighted by Crippen LogP contribution is -2.07. The Kier molecular flexibility index (Phi) is 5.33. The van der Waals surface area contributed by atoms with E-state index in [1.807, 2.05) is 31.2 Å². The zero-order chi connectivity index (χ0) is 19.4. The summed E-state index contributed by atoms with van der Waals surface area (Å²) < 4.78 is 0. The third-order valence-corrected chi connectivity index (χ3v) is 4.28. The van der Waals surface area contributed by atoms with Gasteiger partial charge in [-0.2, -0.15) is 0 Å². The van der Waals surface area contributed by atoms with Gasteiger partial charge in [-0.05, 0) is 36.8 Å². The number of hydrogen-bond acceptors (Lipinski definition) is 6. The molecule has 2 aromatic carbocycles. The molecule has 0 aliphatic carbocycles. The van der Waals surface area contributed by atoms with Crippen molar-refractivity contribution in [1.29, 1.82) is 0 Å². The average molecular weight is 383 g/mol. The topological polar surface area (TPSA) is 101 Å². The molecule has 3 aromatic rings. The van der Waals surface area contributed by atoms with Gasteiger partial charge in [0.1, 0.15) is 5.71 Å². The fourth-order valence-corrected chi connectivity index (χ4v) is 2.92. The Balaban J connectivity index is 1.95. The van der Waals surface area contributed by atoms with E-state index in [0.717, 1.165) is 11.1 Å². The largest absolute Gasteiger partial charge is 0.410 e. The minimum absolute atomic E-state index is 0.112. The first-order chi connectivity index (χ1) is 13.0. The minimum atomic E-state index is -0.514.